The average molecular weight is 204 g/mol. The van der Waals surface area contributed by atoms with E-state index in [4.69, 9.17) is 9.47 Å². The molecule has 1 fully saturated rings. The van der Waals surface area contributed by atoms with Crippen LogP contribution in [0.2, 0.25) is 0 Å². The van der Waals surface area contributed by atoms with Gasteiger partial charge in [0.25, 0.3) is 0 Å². The molecule has 2 heteroatoms. The van der Waals surface area contributed by atoms with Crippen molar-refractivity contribution >= 4 is 0 Å². The van der Waals surface area contributed by atoms with E-state index in [0.717, 1.165) is 0 Å². The summed E-state index contributed by atoms with van der Waals surface area (Å²) in [6, 6.07) is 10.2. The molecule has 1 heterocycles. The fraction of sp³-hybridized carbons (Fsp3) is 0.385. The highest BCUT2D eigenvalue weighted by atomic mass is 16.6. The summed E-state index contributed by atoms with van der Waals surface area (Å²) in [5.74, 6) is 0. The van der Waals surface area contributed by atoms with Crippen LogP contribution in [0.15, 0.2) is 42.5 Å². The molecule has 0 N–H and O–H groups in total. The van der Waals surface area contributed by atoms with E-state index in [9.17, 15) is 0 Å². The molecule has 80 valence electrons. The molecule has 0 saturated carbocycles. The summed E-state index contributed by atoms with van der Waals surface area (Å²) >= 11 is 0. The summed E-state index contributed by atoms with van der Waals surface area (Å²) in [6.45, 7) is 3.36. The van der Waals surface area contributed by atoms with Crippen LogP contribution >= 0.6 is 0 Å². The predicted molar refractivity (Wildman–Crippen MR) is 59.6 cm³/mol. The summed E-state index contributed by atoms with van der Waals surface area (Å²) in [5, 5.41) is 0. The van der Waals surface area contributed by atoms with E-state index in [1.165, 1.54) is 5.56 Å². The molecule has 2 atom stereocenters. The van der Waals surface area contributed by atoms with Gasteiger partial charge in [-0.1, -0.05) is 42.5 Å². The zero-order valence-corrected chi connectivity index (χ0v) is 8.93. The second-order valence-electron chi connectivity index (χ2n) is 3.67. The Morgan fingerprint density at radius 2 is 2.13 bits per heavy atom. The van der Waals surface area contributed by atoms with Crippen molar-refractivity contribution in [3.63, 3.8) is 0 Å². The summed E-state index contributed by atoms with van der Waals surface area (Å²) in [4.78, 5) is 0. The molecule has 2 nitrogen and oxygen atoms in total. The maximum atomic E-state index is 5.56. The van der Waals surface area contributed by atoms with Crippen molar-refractivity contribution in [3.8, 4) is 0 Å². The SMILES string of the molecule is C/C=C\[C@@H]1O[C@H]1COCc1ccccc1. The Morgan fingerprint density at radius 3 is 2.87 bits per heavy atom. The van der Waals surface area contributed by atoms with Crippen LogP contribution in [0.25, 0.3) is 0 Å². The van der Waals surface area contributed by atoms with E-state index in [0.29, 0.717) is 13.2 Å². The van der Waals surface area contributed by atoms with E-state index in [-0.39, 0.29) is 12.2 Å². The lowest BCUT2D eigenvalue weighted by Gasteiger charge is -2.01. The largest absolute Gasteiger partial charge is 0.374 e. The average Bonchev–Trinajstić information content (AvgIpc) is 2.99. The number of hydrogen-bond donors (Lipinski definition) is 0. The van der Waals surface area contributed by atoms with Gasteiger partial charge in [-0.05, 0) is 12.5 Å². The summed E-state index contributed by atoms with van der Waals surface area (Å²) in [7, 11) is 0. The third-order valence-corrected chi connectivity index (χ3v) is 2.40. The highest BCUT2D eigenvalue weighted by Gasteiger charge is 2.36. The normalized spacial score (nSPS) is 24.6. The lowest BCUT2D eigenvalue weighted by atomic mass is 10.2. The zero-order valence-electron chi connectivity index (χ0n) is 8.93. The van der Waals surface area contributed by atoms with Crippen molar-refractivity contribution in [1.29, 1.82) is 0 Å². The molecule has 2 rings (SSSR count). The molecule has 0 amide bonds. The monoisotopic (exact) mass is 204 g/mol. The molecule has 0 aliphatic carbocycles. The fourth-order valence-electron chi connectivity index (χ4n) is 1.52. The number of rotatable bonds is 5. The first kappa shape index (κ1) is 10.4. The molecule has 0 aromatic heterocycles. The minimum Gasteiger partial charge on any atom is -0.374 e. The molecular weight excluding hydrogens is 188 g/mol. The van der Waals surface area contributed by atoms with Gasteiger partial charge >= 0.3 is 0 Å². The molecule has 1 aliphatic rings. The van der Waals surface area contributed by atoms with Crippen LogP contribution in [-0.4, -0.2) is 18.8 Å². The second-order valence-corrected chi connectivity index (χ2v) is 3.67. The van der Waals surface area contributed by atoms with Crippen LogP contribution in [0.1, 0.15) is 12.5 Å². The van der Waals surface area contributed by atoms with E-state index < -0.39 is 0 Å². The van der Waals surface area contributed by atoms with Gasteiger partial charge < -0.3 is 9.47 Å². The molecule has 0 bridgehead atoms. The molecule has 0 radical (unpaired) electrons. The Bertz CT molecular complexity index is 319. The molecule has 15 heavy (non-hydrogen) atoms. The van der Waals surface area contributed by atoms with E-state index in [1.54, 1.807) is 0 Å². The molecule has 1 saturated heterocycles. The molecule has 1 aliphatic heterocycles. The first-order chi connectivity index (χ1) is 7.40. The number of allylic oxidation sites excluding steroid dienone is 1. The van der Waals surface area contributed by atoms with Crippen molar-refractivity contribution in [2.24, 2.45) is 0 Å². The van der Waals surface area contributed by atoms with Gasteiger partial charge in [0.2, 0.25) is 0 Å². The number of benzene rings is 1. The highest BCUT2D eigenvalue weighted by molar-refractivity contribution is 5.13. The van der Waals surface area contributed by atoms with E-state index >= 15 is 0 Å². The molecule has 0 spiro atoms. The zero-order chi connectivity index (χ0) is 10.5. The topological polar surface area (TPSA) is 21.8 Å². The smallest absolute Gasteiger partial charge is 0.111 e. The van der Waals surface area contributed by atoms with Gasteiger partial charge in [0.1, 0.15) is 12.2 Å². The minimum absolute atomic E-state index is 0.268. The maximum absolute atomic E-state index is 5.56. The Labute approximate surface area is 90.5 Å². The summed E-state index contributed by atoms with van der Waals surface area (Å²) in [6.07, 6.45) is 4.63. The van der Waals surface area contributed by atoms with E-state index in [2.05, 4.69) is 18.2 Å². The summed E-state index contributed by atoms with van der Waals surface area (Å²) in [5.41, 5.74) is 1.21. The van der Waals surface area contributed by atoms with Crippen LogP contribution < -0.4 is 0 Å². The van der Waals surface area contributed by atoms with Crippen molar-refractivity contribution in [1.82, 2.24) is 0 Å². The van der Waals surface area contributed by atoms with Crippen LogP contribution in [0.3, 0.4) is 0 Å². The summed E-state index contributed by atoms with van der Waals surface area (Å²) < 4.78 is 10.9. The number of ether oxygens (including phenoxy) is 2. The van der Waals surface area contributed by atoms with Crippen LogP contribution in [0.4, 0.5) is 0 Å². The lowest BCUT2D eigenvalue weighted by Crippen LogP contribution is -2.03. The van der Waals surface area contributed by atoms with Gasteiger partial charge in [-0.3, -0.25) is 0 Å². The Balaban J connectivity index is 1.64. The first-order valence-electron chi connectivity index (χ1n) is 5.30. The predicted octanol–water partition coefficient (Wildman–Crippen LogP) is 2.55. The van der Waals surface area contributed by atoms with Gasteiger partial charge in [0.05, 0.1) is 13.2 Å². The third kappa shape index (κ3) is 3.18. The molecular formula is C13H16O2. The first-order valence-corrected chi connectivity index (χ1v) is 5.30. The second kappa shape index (κ2) is 5.10. The quantitative estimate of drug-likeness (QED) is 0.543. The van der Waals surface area contributed by atoms with Gasteiger partial charge in [0, 0.05) is 0 Å². The fourth-order valence-corrected chi connectivity index (χ4v) is 1.52. The number of epoxide rings is 1. The Hall–Kier alpha value is -1.12. The minimum atomic E-state index is 0.268. The highest BCUT2D eigenvalue weighted by Crippen LogP contribution is 2.23. The third-order valence-electron chi connectivity index (χ3n) is 2.40. The van der Waals surface area contributed by atoms with Crippen LogP contribution in [0, 0.1) is 0 Å². The van der Waals surface area contributed by atoms with Crippen molar-refractivity contribution in [3.05, 3.63) is 48.0 Å². The van der Waals surface area contributed by atoms with E-state index in [1.807, 2.05) is 31.2 Å². The van der Waals surface area contributed by atoms with Gasteiger partial charge in [-0.25, -0.2) is 0 Å². The lowest BCUT2D eigenvalue weighted by molar-refractivity contribution is 0.104. The van der Waals surface area contributed by atoms with Crippen LogP contribution in [0.5, 0.6) is 0 Å². The van der Waals surface area contributed by atoms with Crippen LogP contribution in [-0.2, 0) is 16.1 Å². The molecule has 0 unspecified atom stereocenters. The molecule has 1 aromatic carbocycles. The number of hydrogen-bond acceptors (Lipinski definition) is 2. The molecule has 1 aromatic rings. The van der Waals surface area contributed by atoms with Gasteiger partial charge in [-0.15, -0.1) is 0 Å². The Kier molecular flexibility index (Phi) is 3.54. The van der Waals surface area contributed by atoms with Crippen molar-refractivity contribution in [2.45, 2.75) is 25.7 Å². The maximum Gasteiger partial charge on any atom is 0.111 e. The van der Waals surface area contributed by atoms with Gasteiger partial charge in [0.15, 0.2) is 0 Å². The standard InChI is InChI=1S/C13H16O2/c1-2-6-12-13(15-12)10-14-9-11-7-4-3-5-8-11/h2-8,12-13H,9-10H2,1H3/b6-2-/t12-,13-/m0/s1. The van der Waals surface area contributed by atoms with Gasteiger partial charge in [-0.2, -0.15) is 0 Å². The van der Waals surface area contributed by atoms with Crippen molar-refractivity contribution in [2.75, 3.05) is 6.61 Å². The van der Waals surface area contributed by atoms with Crippen molar-refractivity contribution < 1.29 is 9.47 Å². The Morgan fingerprint density at radius 1 is 1.33 bits per heavy atom.